The molecule has 146 valence electrons. The number of rotatable bonds is 8. The van der Waals surface area contributed by atoms with E-state index in [4.69, 9.17) is 21.3 Å². The van der Waals surface area contributed by atoms with Crippen molar-refractivity contribution in [2.45, 2.75) is 26.7 Å². The third kappa shape index (κ3) is 5.40. The lowest BCUT2D eigenvalue weighted by molar-refractivity contribution is -0.143. The van der Waals surface area contributed by atoms with Crippen LogP contribution in [-0.4, -0.2) is 29.8 Å². The van der Waals surface area contributed by atoms with E-state index in [1.165, 1.54) is 0 Å². The highest BCUT2D eigenvalue weighted by molar-refractivity contribution is 6.34. The van der Waals surface area contributed by atoms with Crippen LogP contribution in [0.25, 0.3) is 0 Å². The van der Waals surface area contributed by atoms with Crippen molar-refractivity contribution in [3.8, 4) is 6.07 Å². The minimum atomic E-state index is -1.16. The molecule has 0 aliphatic carbocycles. The number of halogens is 1. The predicted octanol–water partition coefficient (Wildman–Crippen LogP) is 4.67. The first-order chi connectivity index (χ1) is 13.5. The Balaban J connectivity index is 2.47. The Bertz CT molecular complexity index is 860. The Labute approximate surface area is 171 Å². The maximum Gasteiger partial charge on any atom is 0.329 e. The summed E-state index contributed by atoms with van der Waals surface area (Å²) in [7, 11) is 0. The van der Waals surface area contributed by atoms with Crippen LogP contribution in [0.3, 0.4) is 0 Å². The zero-order valence-electron chi connectivity index (χ0n) is 16.3. The molecule has 2 unspecified atom stereocenters. The van der Waals surface area contributed by atoms with Crippen LogP contribution in [0.15, 0.2) is 53.7 Å². The van der Waals surface area contributed by atoms with Crippen molar-refractivity contribution >= 4 is 23.3 Å². The van der Waals surface area contributed by atoms with Crippen molar-refractivity contribution < 1.29 is 9.53 Å². The van der Waals surface area contributed by atoms with Gasteiger partial charge in [0.1, 0.15) is 5.15 Å². The van der Waals surface area contributed by atoms with E-state index < -0.39 is 11.9 Å². The van der Waals surface area contributed by atoms with Crippen LogP contribution >= 0.6 is 11.6 Å². The second-order valence-electron chi connectivity index (χ2n) is 6.64. The van der Waals surface area contributed by atoms with E-state index in [9.17, 15) is 10.1 Å². The van der Waals surface area contributed by atoms with Crippen molar-refractivity contribution in [1.29, 1.82) is 5.26 Å². The Morgan fingerprint density at radius 2 is 1.96 bits per heavy atom. The average Bonchev–Trinajstić information content (AvgIpc) is 2.68. The topological polar surface area (TPSA) is 75.3 Å². The zero-order chi connectivity index (χ0) is 20.5. The van der Waals surface area contributed by atoms with E-state index in [-0.39, 0.29) is 17.7 Å². The lowest BCUT2D eigenvalue weighted by Crippen LogP contribution is -2.27. The van der Waals surface area contributed by atoms with Gasteiger partial charge in [-0.15, -0.1) is 0 Å². The molecule has 0 aliphatic rings. The molecule has 0 spiro atoms. The number of aromatic nitrogens is 1. The number of esters is 1. The highest BCUT2D eigenvalue weighted by Gasteiger charge is 2.29. The highest BCUT2D eigenvalue weighted by atomic mass is 35.5. The van der Waals surface area contributed by atoms with E-state index in [0.29, 0.717) is 23.7 Å². The Morgan fingerprint density at radius 3 is 2.54 bits per heavy atom. The third-order valence-electron chi connectivity index (χ3n) is 4.45. The summed E-state index contributed by atoms with van der Waals surface area (Å²) in [4.78, 5) is 21.1. The number of hydrogen-bond donors (Lipinski definition) is 0. The predicted molar refractivity (Wildman–Crippen MR) is 110 cm³/mol. The van der Waals surface area contributed by atoms with Gasteiger partial charge in [0.2, 0.25) is 0 Å². The molecule has 1 aromatic carbocycles. The molecule has 2 aromatic rings. The molecule has 0 N–H and O–H groups in total. The first kappa shape index (κ1) is 21.6. The van der Waals surface area contributed by atoms with E-state index in [1.807, 2.05) is 24.3 Å². The molecule has 1 aromatic heterocycles. The largest absolute Gasteiger partial charge is 0.465 e. The molecule has 0 fully saturated rings. The number of carbonyl (C=O) groups excluding carboxylic acids is 1. The van der Waals surface area contributed by atoms with Gasteiger partial charge in [-0.25, -0.2) is 4.98 Å². The number of benzene rings is 1. The molecule has 28 heavy (non-hydrogen) atoms. The smallest absolute Gasteiger partial charge is 0.329 e. The second-order valence-corrected chi connectivity index (χ2v) is 7.00. The van der Waals surface area contributed by atoms with Crippen LogP contribution in [0, 0.1) is 23.2 Å². The van der Waals surface area contributed by atoms with E-state index in [0.717, 1.165) is 5.56 Å². The normalized spacial score (nSPS) is 13.6. The van der Waals surface area contributed by atoms with Gasteiger partial charge < -0.3 is 4.74 Å². The van der Waals surface area contributed by atoms with Crippen LogP contribution in [0.4, 0.5) is 0 Å². The van der Waals surface area contributed by atoms with E-state index >= 15 is 0 Å². The van der Waals surface area contributed by atoms with Crippen LogP contribution in [0.2, 0.25) is 5.15 Å². The number of pyridine rings is 1. The fourth-order valence-electron chi connectivity index (χ4n) is 2.96. The van der Waals surface area contributed by atoms with Crippen LogP contribution in [-0.2, 0) is 9.53 Å². The second kappa shape index (κ2) is 10.6. The van der Waals surface area contributed by atoms with Crippen LogP contribution in [0.1, 0.15) is 37.8 Å². The number of aliphatic imine (C=N–C) groups is 1. The lowest BCUT2D eigenvalue weighted by Gasteiger charge is -2.21. The summed E-state index contributed by atoms with van der Waals surface area (Å²) in [6, 6.07) is 15.5. The Kier molecular flexibility index (Phi) is 8.16. The van der Waals surface area contributed by atoms with Gasteiger partial charge in [0.15, 0.2) is 5.92 Å². The molecule has 0 bridgehead atoms. The van der Waals surface area contributed by atoms with E-state index in [2.05, 4.69) is 31.0 Å². The van der Waals surface area contributed by atoms with Crippen molar-refractivity contribution in [3.05, 3.63) is 64.9 Å². The fourth-order valence-corrected chi connectivity index (χ4v) is 3.17. The Hall–Kier alpha value is -2.71. The SMILES string of the molecule is CCOC(=O)C(C#N)C(=NCC(c1ccccc1)C(C)C)c1cccnc1Cl. The molecule has 2 rings (SSSR count). The molecule has 5 nitrogen and oxygen atoms in total. The summed E-state index contributed by atoms with van der Waals surface area (Å²) in [5.41, 5.74) is 1.92. The first-order valence-corrected chi connectivity index (χ1v) is 9.63. The van der Waals surface area contributed by atoms with Crippen LogP contribution < -0.4 is 0 Å². The van der Waals surface area contributed by atoms with Gasteiger partial charge >= 0.3 is 5.97 Å². The number of carbonyl (C=O) groups is 1. The fraction of sp³-hybridized carbons (Fsp3) is 0.364. The molecule has 0 aliphatic heterocycles. The maximum atomic E-state index is 12.4. The van der Waals surface area contributed by atoms with Gasteiger partial charge in [0, 0.05) is 24.2 Å². The summed E-state index contributed by atoms with van der Waals surface area (Å²) >= 11 is 6.24. The summed E-state index contributed by atoms with van der Waals surface area (Å²) in [5, 5.41) is 9.84. The molecule has 2 atom stereocenters. The molecule has 0 amide bonds. The molecule has 1 heterocycles. The van der Waals surface area contributed by atoms with Gasteiger partial charge in [-0.05, 0) is 30.5 Å². The average molecular weight is 398 g/mol. The molecule has 0 saturated carbocycles. The molecular weight excluding hydrogens is 374 g/mol. The van der Waals surface area contributed by atoms with Crippen molar-refractivity contribution in [1.82, 2.24) is 4.98 Å². The number of nitriles is 1. The lowest BCUT2D eigenvalue weighted by atomic mass is 9.88. The summed E-state index contributed by atoms with van der Waals surface area (Å²) in [6.45, 7) is 6.54. The highest BCUT2D eigenvalue weighted by Crippen LogP contribution is 2.26. The summed E-state index contributed by atoms with van der Waals surface area (Å²) < 4.78 is 5.07. The molecule has 0 radical (unpaired) electrons. The Morgan fingerprint density at radius 1 is 1.25 bits per heavy atom. The molecule has 6 heteroatoms. The van der Waals surface area contributed by atoms with Gasteiger partial charge in [-0.2, -0.15) is 5.26 Å². The zero-order valence-corrected chi connectivity index (χ0v) is 17.1. The van der Waals surface area contributed by atoms with Gasteiger partial charge in [-0.3, -0.25) is 9.79 Å². The van der Waals surface area contributed by atoms with Crippen molar-refractivity contribution in [2.24, 2.45) is 16.8 Å². The number of ether oxygens (including phenoxy) is 1. The minimum absolute atomic E-state index is 0.133. The van der Waals surface area contributed by atoms with Crippen molar-refractivity contribution in [2.75, 3.05) is 13.2 Å². The van der Waals surface area contributed by atoms with Crippen LogP contribution in [0.5, 0.6) is 0 Å². The van der Waals surface area contributed by atoms with Gasteiger partial charge in [0.05, 0.1) is 18.4 Å². The van der Waals surface area contributed by atoms with Gasteiger partial charge in [0.25, 0.3) is 0 Å². The first-order valence-electron chi connectivity index (χ1n) is 9.26. The quantitative estimate of drug-likeness (QED) is 0.368. The molecular formula is C22H24ClN3O2. The van der Waals surface area contributed by atoms with E-state index in [1.54, 1.807) is 25.3 Å². The van der Waals surface area contributed by atoms with Gasteiger partial charge in [-0.1, -0.05) is 55.8 Å². The minimum Gasteiger partial charge on any atom is -0.465 e. The number of nitrogens with zero attached hydrogens (tertiary/aromatic N) is 3. The van der Waals surface area contributed by atoms with Crippen molar-refractivity contribution in [3.63, 3.8) is 0 Å². The molecule has 0 saturated heterocycles. The number of hydrogen-bond acceptors (Lipinski definition) is 5. The monoisotopic (exact) mass is 397 g/mol. The maximum absolute atomic E-state index is 12.4. The third-order valence-corrected chi connectivity index (χ3v) is 4.75. The summed E-state index contributed by atoms with van der Waals surface area (Å²) in [5.74, 6) is -1.34. The summed E-state index contributed by atoms with van der Waals surface area (Å²) in [6.07, 6.45) is 1.55. The standard InChI is InChI=1S/C22H24ClN3O2/c1-4-28-22(27)18(13-24)20(17-11-8-12-25-21(17)23)26-14-19(15(2)3)16-9-6-5-7-10-16/h5-12,15,18-19H,4,14H2,1-3H3.